The number of nitrogens with one attached hydrogen (secondary N) is 1. The van der Waals surface area contributed by atoms with Crippen molar-refractivity contribution >= 4 is 18.0 Å². The van der Waals surface area contributed by atoms with Crippen LogP contribution in [0, 0.1) is 11.3 Å². The fourth-order valence-electron chi connectivity index (χ4n) is 2.86. The molecule has 0 aliphatic rings. The number of hydrogen-bond acceptors (Lipinski definition) is 6. The third-order valence-corrected chi connectivity index (χ3v) is 4.21. The van der Waals surface area contributed by atoms with Crippen LogP contribution in [0.4, 0.5) is 9.59 Å². The molecule has 0 radical (unpaired) electrons. The molecule has 2 rings (SSSR count). The molecule has 2 aromatic carbocycles. The van der Waals surface area contributed by atoms with Crippen LogP contribution in [0.1, 0.15) is 29.8 Å². The zero-order valence-corrected chi connectivity index (χ0v) is 16.8. The van der Waals surface area contributed by atoms with Crippen molar-refractivity contribution in [1.29, 1.82) is 5.26 Å². The first kappa shape index (κ1) is 22.4. The molecule has 1 unspecified atom stereocenters. The second-order valence-corrected chi connectivity index (χ2v) is 6.20. The molecule has 2 amide bonds. The number of amides is 2. The maximum Gasteiger partial charge on any atom is 0.430 e. The van der Waals surface area contributed by atoms with Crippen LogP contribution >= 0.6 is 0 Å². The monoisotopic (exact) mass is 409 g/mol. The van der Waals surface area contributed by atoms with Gasteiger partial charge in [0.1, 0.15) is 6.07 Å². The van der Waals surface area contributed by atoms with E-state index in [4.69, 9.17) is 9.47 Å². The molecular formula is C22H23N3O5. The Bertz CT molecular complexity index is 911. The second kappa shape index (κ2) is 10.6. The standard InChI is InChI=1S/C22H23N3O5/c1-3-29-20(27)24-25(21(28)30-4-2)22(16-23,15-17-11-7-5-8-12-17)19(26)18-13-9-6-10-14-18/h5-14H,3-4,15H2,1-2H3,(H,24,27). The van der Waals surface area contributed by atoms with Gasteiger partial charge in [0.25, 0.3) is 0 Å². The van der Waals surface area contributed by atoms with Crippen LogP contribution in [0.15, 0.2) is 60.7 Å². The SMILES string of the molecule is CCOC(=O)NN(C(=O)OCC)C(C#N)(Cc1ccccc1)C(=O)c1ccccc1. The Morgan fingerprint density at radius 2 is 1.53 bits per heavy atom. The van der Waals surface area contributed by atoms with Gasteiger partial charge in [-0.1, -0.05) is 60.7 Å². The van der Waals surface area contributed by atoms with Gasteiger partial charge in [-0.05, 0) is 19.4 Å². The van der Waals surface area contributed by atoms with Crippen molar-refractivity contribution in [3.8, 4) is 6.07 Å². The van der Waals surface area contributed by atoms with Crippen molar-refractivity contribution in [1.82, 2.24) is 10.4 Å². The van der Waals surface area contributed by atoms with Gasteiger partial charge in [-0.3, -0.25) is 4.79 Å². The highest BCUT2D eigenvalue weighted by Gasteiger charge is 2.50. The highest BCUT2D eigenvalue weighted by atomic mass is 16.6. The van der Waals surface area contributed by atoms with Crippen LogP contribution in [-0.4, -0.2) is 41.7 Å². The number of hydrogen-bond donors (Lipinski definition) is 1. The molecule has 0 bridgehead atoms. The average molecular weight is 409 g/mol. The first-order valence-electron chi connectivity index (χ1n) is 9.44. The lowest BCUT2D eigenvalue weighted by molar-refractivity contribution is 0.0324. The number of carbonyl (C=O) groups is 3. The van der Waals surface area contributed by atoms with E-state index in [2.05, 4.69) is 5.43 Å². The minimum absolute atomic E-state index is 0.0216. The van der Waals surface area contributed by atoms with Gasteiger partial charge in [0.05, 0.1) is 13.2 Å². The summed E-state index contributed by atoms with van der Waals surface area (Å²) in [5.74, 6) is -0.667. The van der Waals surface area contributed by atoms with Crippen molar-refractivity contribution in [2.24, 2.45) is 0 Å². The lowest BCUT2D eigenvalue weighted by Gasteiger charge is -2.36. The maximum atomic E-state index is 13.5. The summed E-state index contributed by atoms with van der Waals surface area (Å²) in [4.78, 5) is 38.4. The fourth-order valence-corrected chi connectivity index (χ4v) is 2.86. The number of carbonyl (C=O) groups excluding carboxylic acids is 3. The lowest BCUT2D eigenvalue weighted by Crippen LogP contribution is -2.64. The predicted molar refractivity (Wildman–Crippen MR) is 108 cm³/mol. The molecule has 1 N–H and O–H groups in total. The molecule has 0 aliphatic heterocycles. The van der Waals surface area contributed by atoms with E-state index in [1.54, 1.807) is 62.4 Å². The van der Waals surface area contributed by atoms with Gasteiger partial charge in [0, 0.05) is 12.0 Å². The van der Waals surface area contributed by atoms with E-state index in [0.29, 0.717) is 10.6 Å². The number of hydrazine groups is 1. The van der Waals surface area contributed by atoms with Crippen LogP contribution in [0.25, 0.3) is 0 Å². The van der Waals surface area contributed by atoms with E-state index in [-0.39, 0.29) is 25.2 Å². The van der Waals surface area contributed by atoms with Crippen molar-refractivity contribution in [2.75, 3.05) is 13.2 Å². The summed E-state index contributed by atoms with van der Waals surface area (Å²) in [6.45, 7) is 3.18. The maximum absolute atomic E-state index is 13.5. The van der Waals surface area contributed by atoms with E-state index >= 15 is 0 Å². The number of nitriles is 1. The molecule has 0 heterocycles. The minimum atomic E-state index is -2.11. The normalized spacial score (nSPS) is 12.0. The van der Waals surface area contributed by atoms with Crippen molar-refractivity contribution in [3.63, 3.8) is 0 Å². The Kier molecular flexibility index (Phi) is 7.94. The Morgan fingerprint density at radius 3 is 2.07 bits per heavy atom. The smallest absolute Gasteiger partial charge is 0.430 e. The summed E-state index contributed by atoms with van der Waals surface area (Å²) in [6, 6.07) is 18.8. The van der Waals surface area contributed by atoms with Crippen LogP contribution in [0.3, 0.4) is 0 Å². The van der Waals surface area contributed by atoms with E-state index < -0.39 is 23.5 Å². The summed E-state index contributed by atoms with van der Waals surface area (Å²) in [7, 11) is 0. The molecule has 0 spiro atoms. The molecule has 0 aromatic heterocycles. The van der Waals surface area contributed by atoms with Gasteiger partial charge in [-0.15, -0.1) is 0 Å². The van der Waals surface area contributed by atoms with Gasteiger partial charge in [0.2, 0.25) is 11.3 Å². The second-order valence-electron chi connectivity index (χ2n) is 6.20. The molecule has 2 aromatic rings. The van der Waals surface area contributed by atoms with Crippen molar-refractivity contribution in [3.05, 3.63) is 71.8 Å². The van der Waals surface area contributed by atoms with Crippen LogP contribution in [-0.2, 0) is 15.9 Å². The van der Waals surface area contributed by atoms with E-state index in [1.807, 2.05) is 6.07 Å². The van der Waals surface area contributed by atoms with Gasteiger partial charge in [-0.25, -0.2) is 15.0 Å². The number of ketones is 1. The minimum Gasteiger partial charge on any atom is -0.449 e. The Labute approximate surface area is 175 Å². The van der Waals surface area contributed by atoms with Gasteiger partial charge >= 0.3 is 12.2 Å². The first-order chi connectivity index (χ1) is 14.5. The molecule has 0 saturated carbocycles. The Morgan fingerprint density at radius 1 is 0.967 bits per heavy atom. The van der Waals surface area contributed by atoms with Crippen molar-refractivity contribution < 1.29 is 23.9 Å². The number of rotatable bonds is 7. The van der Waals surface area contributed by atoms with Crippen LogP contribution in [0.5, 0.6) is 0 Å². The summed E-state index contributed by atoms with van der Waals surface area (Å²) in [6.07, 6.45) is -2.21. The summed E-state index contributed by atoms with van der Waals surface area (Å²) >= 11 is 0. The summed E-state index contributed by atoms with van der Waals surface area (Å²) in [5.41, 5.74) is 0.928. The van der Waals surface area contributed by atoms with E-state index in [9.17, 15) is 19.6 Å². The number of ether oxygens (including phenoxy) is 2. The van der Waals surface area contributed by atoms with E-state index in [1.165, 1.54) is 12.1 Å². The molecule has 156 valence electrons. The summed E-state index contributed by atoms with van der Waals surface area (Å²) < 4.78 is 9.88. The molecular weight excluding hydrogens is 386 g/mol. The first-order valence-corrected chi connectivity index (χ1v) is 9.44. The van der Waals surface area contributed by atoms with Crippen molar-refractivity contribution in [2.45, 2.75) is 25.8 Å². The van der Waals surface area contributed by atoms with Crippen LogP contribution in [0.2, 0.25) is 0 Å². The Balaban J connectivity index is 2.62. The third-order valence-electron chi connectivity index (χ3n) is 4.21. The fraction of sp³-hybridized carbons (Fsp3) is 0.273. The molecule has 1 atom stereocenters. The van der Waals surface area contributed by atoms with E-state index in [0.717, 1.165) is 0 Å². The van der Waals surface area contributed by atoms with Gasteiger partial charge in [-0.2, -0.15) is 10.3 Å². The molecule has 8 nitrogen and oxygen atoms in total. The number of benzene rings is 2. The molecule has 0 fully saturated rings. The Hall–Kier alpha value is -3.86. The zero-order valence-electron chi connectivity index (χ0n) is 16.8. The third kappa shape index (κ3) is 5.14. The van der Waals surface area contributed by atoms with Crippen LogP contribution < -0.4 is 5.43 Å². The predicted octanol–water partition coefficient (Wildman–Crippen LogP) is 3.49. The zero-order chi connectivity index (χ0) is 22.0. The van der Waals surface area contributed by atoms with Gasteiger partial charge in [0.15, 0.2) is 0 Å². The molecule has 0 saturated heterocycles. The largest absolute Gasteiger partial charge is 0.449 e. The number of nitrogens with zero attached hydrogens (tertiary/aromatic N) is 2. The highest BCUT2D eigenvalue weighted by molar-refractivity contribution is 6.07. The van der Waals surface area contributed by atoms with Gasteiger partial charge < -0.3 is 9.47 Å². The summed E-state index contributed by atoms with van der Waals surface area (Å²) in [5, 5.41) is 10.8. The lowest BCUT2D eigenvalue weighted by atomic mass is 9.84. The molecule has 30 heavy (non-hydrogen) atoms. The quantitative estimate of drug-likeness (QED) is 0.554. The molecule has 8 heteroatoms. The molecule has 0 aliphatic carbocycles. The topological polar surface area (TPSA) is 109 Å². The average Bonchev–Trinajstić information content (AvgIpc) is 2.77. The number of Topliss-reactive ketones (excluding diaryl/α,β-unsaturated/α-hetero) is 1. The highest BCUT2D eigenvalue weighted by Crippen LogP contribution is 2.26.